The molecule has 1 N–H and O–H groups in total. The van der Waals surface area contributed by atoms with E-state index >= 15 is 0 Å². The van der Waals surface area contributed by atoms with Gasteiger partial charge in [0.1, 0.15) is 6.10 Å². The second kappa shape index (κ2) is 7.06. The monoisotopic (exact) mass is 332 g/mol. The van der Waals surface area contributed by atoms with E-state index in [1.807, 2.05) is 26.8 Å². The number of fused-ring (bicyclic) bond motifs is 1. The van der Waals surface area contributed by atoms with Crippen molar-refractivity contribution in [1.29, 1.82) is 0 Å². The van der Waals surface area contributed by atoms with E-state index in [0.29, 0.717) is 17.6 Å². The average Bonchev–Trinajstić information content (AvgIpc) is 2.86. The minimum absolute atomic E-state index is 0.0391. The SMILES string of the molecule is C=C1[C@@H]2CC(=O)/C(=C/C)[C@H]2[C@H](C(C)C)[C@H](O)[C@H]1OC(=O)/C(C)=C\C. The predicted molar refractivity (Wildman–Crippen MR) is 93.1 cm³/mol. The van der Waals surface area contributed by atoms with Crippen molar-refractivity contribution in [3.8, 4) is 0 Å². The Morgan fingerprint density at radius 2 is 2.00 bits per heavy atom. The van der Waals surface area contributed by atoms with Crippen LogP contribution in [0.15, 0.2) is 35.5 Å². The summed E-state index contributed by atoms with van der Waals surface area (Å²) in [6.07, 6.45) is 2.31. The van der Waals surface area contributed by atoms with Crippen LogP contribution in [0.25, 0.3) is 0 Å². The first kappa shape index (κ1) is 18.7. The summed E-state index contributed by atoms with van der Waals surface area (Å²) in [5.41, 5.74) is 1.94. The highest BCUT2D eigenvalue weighted by molar-refractivity contribution is 5.99. The molecule has 0 aromatic heterocycles. The number of hydrogen-bond acceptors (Lipinski definition) is 4. The normalized spacial score (nSPS) is 35.5. The van der Waals surface area contributed by atoms with E-state index in [2.05, 4.69) is 6.58 Å². The Morgan fingerprint density at radius 1 is 1.38 bits per heavy atom. The van der Waals surface area contributed by atoms with Crippen LogP contribution in [0.1, 0.15) is 41.0 Å². The highest BCUT2D eigenvalue weighted by Crippen LogP contribution is 2.52. The summed E-state index contributed by atoms with van der Waals surface area (Å²) in [5, 5.41) is 10.9. The molecule has 0 bridgehead atoms. The molecule has 0 aromatic carbocycles. The second-order valence-electron chi connectivity index (χ2n) is 7.19. The Bertz CT molecular complexity index is 611. The van der Waals surface area contributed by atoms with Gasteiger partial charge in [-0.25, -0.2) is 4.79 Å². The van der Waals surface area contributed by atoms with Crippen LogP contribution in [0.4, 0.5) is 0 Å². The van der Waals surface area contributed by atoms with E-state index in [1.54, 1.807) is 19.9 Å². The maximum atomic E-state index is 12.4. The van der Waals surface area contributed by atoms with Crippen molar-refractivity contribution < 1.29 is 19.4 Å². The van der Waals surface area contributed by atoms with Gasteiger partial charge in [-0.05, 0) is 55.6 Å². The molecule has 132 valence electrons. The Kier molecular flexibility index (Phi) is 5.49. The predicted octanol–water partition coefficient (Wildman–Crippen LogP) is 3.22. The van der Waals surface area contributed by atoms with Crippen LogP contribution < -0.4 is 0 Å². The van der Waals surface area contributed by atoms with E-state index in [0.717, 1.165) is 5.57 Å². The van der Waals surface area contributed by atoms with Crippen LogP contribution in [0.2, 0.25) is 0 Å². The number of hydrogen-bond donors (Lipinski definition) is 1. The molecular weight excluding hydrogens is 304 g/mol. The molecule has 2 rings (SSSR count). The average molecular weight is 332 g/mol. The smallest absolute Gasteiger partial charge is 0.334 e. The molecule has 0 radical (unpaired) electrons. The van der Waals surface area contributed by atoms with E-state index in [1.165, 1.54) is 0 Å². The van der Waals surface area contributed by atoms with Crippen molar-refractivity contribution in [3.63, 3.8) is 0 Å². The van der Waals surface area contributed by atoms with Gasteiger partial charge < -0.3 is 9.84 Å². The fraction of sp³-hybridized carbons (Fsp3) is 0.600. The van der Waals surface area contributed by atoms with Crippen LogP contribution in [0.3, 0.4) is 0 Å². The third kappa shape index (κ3) is 3.00. The Hall–Kier alpha value is -1.68. The number of ketones is 1. The van der Waals surface area contributed by atoms with E-state index in [-0.39, 0.29) is 29.5 Å². The van der Waals surface area contributed by atoms with Gasteiger partial charge in [-0.15, -0.1) is 0 Å². The molecule has 24 heavy (non-hydrogen) atoms. The summed E-state index contributed by atoms with van der Waals surface area (Å²) in [7, 11) is 0. The van der Waals surface area contributed by atoms with Crippen molar-refractivity contribution in [2.75, 3.05) is 0 Å². The van der Waals surface area contributed by atoms with Gasteiger partial charge in [0.25, 0.3) is 0 Å². The Labute approximate surface area is 144 Å². The number of ether oxygens (including phenoxy) is 1. The van der Waals surface area contributed by atoms with Crippen LogP contribution in [-0.4, -0.2) is 29.1 Å². The number of Topliss-reactive ketones (excluding diaryl/α,β-unsaturated/α-hetero) is 1. The van der Waals surface area contributed by atoms with Gasteiger partial charge in [0.15, 0.2) is 5.78 Å². The minimum atomic E-state index is -0.854. The molecule has 4 heteroatoms. The number of allylic oxidation sites excluding steroid dienone is 3. The van der Waals surface area contributed by atoms with Crippen LogP contribution >= 0.6 is 0 Å². The number of aliphatic hydroxyl groups is 1. The lowest BCUT2D eigenvalue weighted by atomic mass is 9.64. The topological polar surface area (TPSA) is 63.6 Å². The third-order valence-electron chi connectivity index (χ3n) is 5.55. The van der Waals surface area contributed by atoms with Gasteiger partial charge in [-0.1, -0.05) is 32.6 Å². The summed E-state index contributed by atoms with van der Waals surface area (Å²) in [6, 6.07) is 0. The molecule has 2 aliphatic carbocycles. The van der Waals surface area contributed by atoms with E-state index in [9.17, 15) is 14.7 Å². The Balaban J connectivity index is 2.39. The molecule has 0 spiro atoms. The molecular formula is C20H28O4. The lowest BCUT2D eigenvalue weighted by Crippen LogP contribution is -2.50. The first-order valence-corrected chi connectivity index (χ1v) is 8.64. The van der Waals surface area contributed by atoms with Gasteiger partial charge in [0.05, 0.1) is 6.10 Å². The molecule has 0 aromatic rings. The van der Waals surface area contributed by atoms with Crippen molar-refractivity contribution in [3.05, 3.63) is 35.5 Å². The standard InChI is InChI=1S/C20H28O4/c1-7-11(5)20(23)24-19-12(6)14-9-15(21)13(8-2)17(14)16(10(3)4)18(19)22/h7-8,10,14,16-19,22H,6,9H2,1-5H3/b11-7-,13-8-/t14-,16-,17+,18-,19-/m0/s1. The maximum absolute atomic E-state index is 12.4. The number of aliphatic hydroxyl groups excluding tert-OH is 1. The zero-order valence-corrected chi connectivity index (χ0v) is 15.2. The van der Waals surface area contributed by atoms with Gasteiger partial charge in [0, 0.05) is 12.0 Å². The van der Waals surface area contributed by atoms with E-state index < -0.39 is 18.2 Å². The summed E-state index contributed by atoms with van der Waals surface area (Å²) in [5.74, 6) is -0.416. The van der Waals surface area contributed by atoms with Gasteiger partial charge >= 0.3 is 5.97 Å². The summed E-state index contributed by atoms with van der Waals surface area (Å²) >= 11 is 0. The molecule has 0 amide bonds. The number of carbonyl (C=O) groups excluding carboxylic acids is 2. The molecule has 4 nitrogen and oxygen atoms in total. The molecule has 0 saturated heterocycles. The molecule has 0 unspecified atom stereocenters. The van der Waals surface area contributed by atoms with Crippen molar-refractivity contribution in [1.82, 2.24) is 0 Å². The fourth-order valence-corrected chi connectivity index (χ4v) is 4.16. The lowest BCUT2D eigenvalue weighted by molar-refractivity contribution is -0.155. The van der Waals surface area contributed by atoms with Gasteiger partial charge in [0.2, 0.25) is 0 Å². The van der Waals surface area contributed by atoms with E-state index in [4.69, 9.17) is 4.74 Å². The molecule has 2 fully saturated rings. The quantitative estimate of drug-likeness (QED) is 0.490. The van der Waals surface area contributed by atoms with Crippen molar-refractivity contribution in [2.24, 2.45) is 23.7 Å². The molecule has 2 saturated carbocycles. The van der Waals surface area contributed by atoms with Gasteiger partial charge in [-0.3, -0.25) is 4.79 Å². The largest absolute Gasteiger partial charge is 0.452 e. The lowest BCUT2D eigenvalue weighted by Gasteiger charge is -2.45. The molecule has 2 aliphatic rings. The van der Waals surface area contributed by atoms with Crippen LogP contribution in [-0.2, 0) is 14.3 Å². The van der Waals surface area contributed by atoms with Crippen molar-refractivity contribution in [2.45, 2.75) is 53.2 Å². The Morgan fingerprint density at radius 3 is 2.50 bits per heavy atom. The number of rotatable bonds is 3. The first-order chi connectivity index (χ1) is 11.2. The maximum Gasteiger partial charge on any atom is 0.334 e. The van der Waals surface area contributed by atoms with Crippen LogP contribution in [0.5, 0.6) is 0 Å². The number of esters is 1. The summed E-state index contributed by atoms with van der Waals surface area (Å²) in [6.45, 7) is 13.5. The second-order valence-corrected chi connectivity index (χ2v) is 7.19. The number of carbonyl (C=O) groups is 2. The zero-order chi connectivity index (χ0) is 18.2. The fourth-order valence-electron chi connectivity index (χ4n) is 4.16. The highest BCUT2D eigenvalue weighted by Gasteiger charge is 2.54. The van der Waals surface area contributed by atoms with Crippen molar-refractivity contribution >= 4 is 11.8 Å². The summed E-state index contributed by atoms with van der Waals surface area (Å²) < 4.78 is 5.57. The van der Waals surface area contributed by atoms with Crippen LogP contribution in [0, 0.1) is 23.7 Å². The molecule has 0 heterocycles. The molecule has 5 atom stereocenters. The third-order valence-corrected chi connectivity index (χ3v) is 5.55. The van der Waals surface area contributed by atoms with Gasteiger partial charge in [-0.2, -0.15) is 0 Å². The highest BCUT2D eigenvalue weighted by atomic mass is 16.6. The zero-order valence-electron chi connectivity index (χ0n) is 15.2. The summed E-state index contributed by atoms with van der Waals surface area (Å²) in [4.78, 5) is 24.5. The minimum Gasteiger partial charge on any atom is -0.452 e. The molecule has 0 aliphatic heterocycles. The first-order valence-electron chi connectivity index (χ1n) is 8.64.